The van der Waals surface area contributed by atoms with Crippen molar-refractivity contribution in [3.63, 3.8) is 0 Å². The molecular weight excluding hydrogens is 208 g/mol. The van der Waals surface area contributed by atoms with E-state index >= 15 is 0 Å². The average Bonchev–Trinajstić information content (AvgIpc) is 2.67. The number of hydrogen-bond donors (Lipinski definition) is 1. The van der Waals surface area contributed by atoms with E-state index in [1.54, 1.807) is 11.3 Å². The molecule has 0 saturated carbocycles. The first-order valence-corrected chi connectivity index (χ1v) is 6.27. The Hall–Kier alpha value is -0.680. The number of rotatable bonds is 2. The number of piperidine rings is 1. The van der Waals surface area contributed by atoms with Crippen molar-refractivity contribution in [1.29, 1.82) is 0 Å². The molecule has 15 heavy (non-hydrogen) atoms. The first-order chi connectivity index (χ1) is 7.07. The molecule has 1 aromatic heterocycles. The second-order valence-corrected chi connectivity index (χ2v) is 5.62. The summed E-state index contributed by atoms with van der Waals surface area (Å²) in [6, 6.07) is 0. The molecule has 0 bridgehead atoms. The van der Waals surface area contributed by atoms with Gasteiger partial charge in [0.15, 0.2) is 0 Å². The molecule has 0 atom stereocenters. The molecule has 4 nitrogen and oxygen atoms in total. The molecule has 1 saturated heterocycles. The maximum atomic E-state index is 5.99. The summed E-state index contributed by atoms with van der Waals surface area (Å²) in [7, 11) is 0. The summed E-state index contributed by atoms with van der Waals surface area (Å²) in [6.45, 7) is 6.15. The van der Waals surface area contributed by atoms with Crippen LogP contribution in [-0.4, -0.2) is 23.3 Å². The molecule has 2 heterocycles. The number of aromatic nitrogens is 2. The van der Waals surface area contributed by atoms with Gasteiger partial charge in [0.2, 0.25) is 5.13 Å². The van der Waals surface area contributed by atoms with Crippen LogP contribution in [-0.2, 0) is 5.54 Å². The minimum Gasteiger partial charge on any atom is -0.347 e. The van der Waals surface area contributed by atoms with Crippen molar-refractivity contribution in [2.24, 2.45) is 5.73 Å². The number of nitrogens with two attached hydrogens (primary N) is 1. The van der Waals surface area contributed by atoms with E-state index < -0.39 is 0 Å². The van der Waals surface area contributed by atoms with E-state index in [0.29, 0.717) is 0 Å². The fourth-order valence-corrected chi connectivity index (χ4v) is 2.60. The van der Waals surface area contributed by atoms with Gasteiger partial charge in [-0.2, -0.15) is 0 Å². The zero-order valence-corrected chi connectivity index (χ0v) is 10.2. The van der Waals surface area contributed by atoms with Gasteiger partial charge in [-0.25, -0.2) is 0 Å². The molecule has 0 amide bonds. The Bertz CT molecular complexity index is 322. The summed E-state index contributed by atoms with van der Waals surface area (Å²) < 4.78 is 0. The van der Waals surface area contributed by atoms with Crippen LogP contribution in [0, 0.1) is 0 Å². The summed E-state index contributed by atoms with van der Waals surface area (Å²) in [4.78, 5) is 2.32. The van der Waals surface area contributed by atoms with Crippen LogP contribution in [0.5, 0.6) is 0 Å². The molecule has 2 rings (SSSR count). The third-order valence-corrected chi connectivity index (χ3v) is 3.92. The van der Waals surface area contributed by atoms with Crippen molar-refractivity contribution in [3.8, 4) is 0 Å². The van der Waals surface area contributed by atoms with Crippen LogP contribution in [0.15, 0.2) is 0 Å². The molecule has 2 N–H and O–H groups in total. The minimum absolute atomic E-state index is 0.369. The summed E-state index contributed by atoms with van der Waals surface area (Å²) in [6.07, 6.45) is 3.87. The highest BCUT2D eigenvalue weighted by molar-refractivity contribution is 7.15. The average molecular weight is 226 g/mol. The third kappa shape index (κ3) is 2.46. The lowest BCUT2D eigenvalue weighted by Crippen LogP contribution is -2.29. The lowest BCUT2D eigenvalue weighted by Gasteiger charge is -2.25. The van der Waals surface area contributed by atoms with E-state index in [1.807, 2.05) is 13.8 Å². The van der Waals surface area contributed by atoms with Gasteiger partial charge < -0.3 is 10.6 Å². The zero-order valence-electron chi connectivity index (χ0n) is 9.36. The summed E-state index contributed by atoms with van der Waals surface area (Å²) in [5, 5.41) is 10.3. The predicted molar refractivity (Wildman–Crippen MR) is 63.2 cm³/mol. The van der Waals surface area contributed by atoms with E-state index in [9.17, 15) is 0 Å². The fraction of sp³-hybridized carbons (Fsp3) is 0.800. The van der Waals surface area contributed by atoms with Gasteiger partial charge in [-0.05, 0) is 33.1 Å². The van der Waals surface area contributed by atoms with E-state index in [0.717, 1.165) is 23.2 Å². The molecule has 1 fully saturated rings. The minimum atomic E-state index is -0.369. The second kappa shape index (κ2) is 4.06. The van der Waals surface area contributed by atoms with Crippen LogP contribution in [0.3, 0.4) is 0 Å². The van der Waals surface area contributed by atoms with Gasteiger partial charge in [0.1, 0.15) is 5.01 Å². The molecule has 0 spiro atoms. The Labute approximate surface area is 94.5 Å². The summed E-state index contributed by atoms with van der Waals surface area (Å²) in [5.74, 6) is 0. The molecule has 0 radical (unpaired) electrons. The van der Waals surface area contributed by atoms with Gasteiger partial charge in [-0.15, -0.1) is 10.2 Å². The van der Waals surface area contributed by atoms with Crippen molar-refractivity contribution in [2.75, 3.05) is 18.0 Å². The molecule has 0 aromatic carbocycles. The van der Waals surface area contributed by atoms with E-state index in [2.05, 4.69) is 15.1 Å². The van der Waals surface area contributed by atoms with Crippen molar-refractivity contribution < 1.29 is 0 Å². The Morgan fingerprint density at radius 1 is 1.20 bits per heavy atom. The number of nitrogens with zero attached hydrogens (tertiary/aromatic N) is 3. The van der Waals surface area contributed by atoms with E-state index in [1.165, 1.54) is 19.3 Å². The van der Waals surface area contributed by atoms with E-state index in [-0.39, 0.29) is 5.54 Å². The van der Waals surface area contributed by atoms with Gasteiger partial charge in [-0.3, -0.25) is 0 Å². The summed E-state index contributed by atoms with van der Waals surface area (Å²) >= 11 is 1.63. The molecule has 1 aliphatic rings. The molecular formula is C10H18N4S. The van der Waals surface area contributed by atoms with Crippen molar-refractivity contribution >= 4 is 16.5 Å². The molecule has 84 valence electrons. The maximum absolute atomic E-state index is 5.99. The Balaban J connectivity index is 2.12. The Morgan fingerprint density at radius 3 is 2.40 bits per heavy atom. The molecule has 1 aromatic rings. The number of anilines is 1. The van der Waals surface area contributed by atoms with Gasteiger partial charge >= 0.3 is 0 Å². The van der Waals surface area contributed by atoms with E-state index in [4.69, 9.17) is 5.73 Å². The largest absolute Gasteiger partial charge is 0.347 e. The maximum Gasteiger partial charge on any atom is 0.208 e. The third-order valence-electron chi connectivity index (χ3n) is 2.59. The lowest BCUT2D eigenvalue weighted by atomic mass is 10.1. The molecule has 0 unspecified atom stereocenters. The molecule has 1 aliphatic heterocycles. The second-order valence-electron chi connectivity index (χ2n) is 4.66. The van der Waals surface area contributed by atoms with Gasteiger partial charge in [0, 0.05) is 13.1 Å². The fourth-order valence-electron chi connectivity index (χ4n) is 1.69. The highest BCUT2D eigenvalue weighted by Crippen LogP contribution is 2.28. The Morgan fingerprint density at radius 2 is 1.87 bits per heavy atom. The van der Waals surface area contributed by atoms with Crippen LogP contribution in [0.1, 0.15) is 38.1 Å². The molecule has 0 aliphatic carbocycles. The van der Waals surface area contributed by atoms with Crippen molar-refractivity contribution in [2.45, 2.75) is 38.6 Å². The van der Waals surface area contributed by atoms with Gasteiger partial charge in [-0.1, -0.05) is 11.3 Å². The van der Waals surface area contributed by atoms with Crippen molar-refractivity contribution in [3.05, 3.63) is 5.01 Å². The first kappa shape index (κ1) is 10.8. The normalized spacial score (nSPS) is 18.2. The van der Waals surface area contributed by atoms with Crippen LogP contribution >= 0.6 is 11.3 Å². The SMILES string of the molecule is CC(C)(N)c1nnc(N2CCCCC2)s1. The van der Waals surface area contributed by atoms with Crippen LogP contribution in [0.2, 0.25) is 0 Å². The monoisotopic (exact) mass is 226 g/mol. The highest BCUT2D eigenvalue weighted by Gasteiger charge is 2.22. The molecule has 5 heteroatoms. The van der Waals surface area contributed by atoms with Crippen molar-refractivity contribution in [1.82, 2.24) is 10.2 Å². The predicted octanol–water partition coefficient (Wildman–Crippen LogP) is 1.72. The quantitative estimate of drug-likeness (QED) is 0.834. The Kier molecular flexibility index (Phi) is 2.93. The number of hydrogen-bond acceptors (Lipinski definition) is 5. The topological polar surface area (TPSA) is 55.0 Å². The van der Waals surface area contributed by atoms with Gasteiger partial charge in [0.05, 0.1) is 5.54 Å². The summed E-state index contributed by atoms with van der Waals surface area (Å²) in [5.41, 5.74) is 5.62. The first-order valence-electron chi connectivity index (χ1n) is 5.45. The van der Waals surface area contributed by atoms with Gasteiger partial charge in [0.25, 0.3) is 0 Å². The van der Waals surface area contributed by atoms with Crippen LogP contribution < -0.4 is 10.6 Å². The lowest BCUT2D eigenvalue weighted by molar-refractivity contribution is 0.543. The van der Waals surface area contributed by atoms with Crippen LogP contribution in [0.4, 0.5) is 5.13 Å². The smallest absolute Gasteiger partial charge is 0.208 e. The highest BCUT2D eigenvalue weighted by atomic mass is 32.1. The van der Waals surface area contributed by atoms with Crippen LogP contribution in [0.25, 0.3) is 0 Å². The standard InChI is InChI=1S/C10H18N4S/c1-10(2,11)8-12-13-9(15-8)14-6-4-3-5-7-14/h3-7,11H2,1-2H3. The zero-order chi connectivity index (χ0) is 10.9.